The fraction of sp³-hybridized carbons (Fsp3) is 0.639. The van der Waals surface area contributed by atoms with Gasteiger partial charge in [-0.3, -0.25) is 14.2 Å². The SMILES string of the molecule is CC/C=C\C/C=C\C/C=C\C/C=C\C/C=C\C/C=C\C/C=C\C/C=C\C/C=C\C/C=C\CCCCCCCCCCCCC(=O)OC(COC(=O)CCCCCCCC)COP(=O)([O-])OCC[N+](C)(C)C. The number of hydrogen-bond donors (Lipinski definition) is 0. The molecule has 0 fully saturated rings. The first-order valence-corrected chi connectivity index (χ1v) is 29.2. The standard InChI is InChI=1S/C61H102NO8P/c1-6-8-10-12-14-15-16-17-18-19-20-21-22-23-24-25-26-27-28-29-30-31-32-33-34-35-36-37-38-39-40-41-42-43-44-45-46-47-48-50-52-54-61(64)70-59(57-67-60(63)53-51-49-13-11-9-7-2)58-69-71(65,66)68-56-55-62(3,4)5/h8,10,14-15,17-18,20-21,23-24,26-27,29-30,32-33,35-36,38-39,59H,6-7,9,11-13,16,19,22,25,28,31,34,37,40-58H2,1-5H3/b10-8-,15-14-,18-17-,21-20-,24-23-,27-26-,30-29-,33-32-,36-35-,39-38-. The second kappa shape index (κ2) is 51.3. The number of ether oxygens (including phenoxy) is 2. The van der Waals surface area contributed by atoms with E-state index in [-0.39, 0.29) is 26.1 Å². The van der Waals surface area contributed by atoms with Gasteiger partial charge >= 0.3 is 11.9 Å². The van der Waals surface area contributed by atoms with Crippen LogP contribution in [0.25, 0.3) is 0 Å². The molecule has 2 atom stereocenters. The summed E-state index contributed by atoms with van der Waals surface area (Å²) in [6.45, 7) is 4.02. The van der Waals surface area contributed by atoms with Crippen molar-refractivity contribution in [1.29, 1.82) is 0 Å². The molecule has 0 amide bonds. The number of esters is 2. The molecular formula is C61H102NO8P. The van der Waals surface area contributed by atoms with Crippen LogP contribution in [0.4, 0.5) is 0 Å². The van der Waals surface area contributed by atoms with Gasteiger partial charge in [0.05, 0.1) is 27.7 Å². The molecule has 404 valence electrons. The minimum absolute atomic E-state index is 0.0360. The molecular weight excluding hydrogens is 906 g/mol. The van der Waals surface area contributed by atoms with Gasteiger partial charge in [-0.05, 0) is 89.9 Å². The van der Waals surface area contributed by atoms with Crippen molar-refractivity contribution in [2.45, 2.75) is 206 Å². The molecule has 0 aliphatic heterocycles. The predicted molar refractivity (Wildman–Crippen MR) is 300 cm³/mol. The van der Waals surface area contributed by atoms with E-state index in [2.05, 4.69) is 135 Å². The van der Waals surface area contributed by atoms with Crippen LogP contribution in [0.15, 0.2) is 122 Å². The molecule has 0 aromatic carbocycles. The number of phosphoric ester groups is 1. The van der Waals surface area contributed by atoms with E-state index in [4.69, 9.17) is 18.5 Å². The summed E-state index contributed by atoms with van der Waals surface area (Å²) in [5, 5.41) is 0. The molecule has 0 spiro atoms. The van der Waals surface area contributed by atoms with Crippen LogP contribution < -0.4 is 4.89 Å². The third kappa shape index (κ3) is 55.6. The van der Waals surface area contributed by atoms with Crippen LogP contribution in [0, 0.1) is 0 Å². The maximum atomic E-state index is 12.7. The van der Waals surface area contributed by atoms with Gasteiger partial charge in [-0.2, -0.15) is 0 Å². The third-order valence-electron chi connectivity index (χ3n) is 11.2. The number of nitrogens with zero attached hydrogens (tertiary/aromatic N) is 1. The highest BCUT2D eigenvalue weighted by Gasteiger charge is 2.21. The first-order valence-electron chi connectivity index (χ1n) is 27.7. The van der Waals surface area contributed by atoms with E-state index in [1.165, 1.54) is 44.9 Å². The topological polar surface area (TPSA) is 111 Å². The molecule has 71 heavy (non-hydrogen) atoms. The first-order chi connectivity index (χ1) is 34.5. The lowest BCUT2D eigenvalue weighted by Crippen LogP contribution is -2.37. The van der Waals surface area contributed by atoms with Crippen molar-refractivity contribution in [1.82, 2.24) is 0 Å². The molecule has 0 aromatic heterocycles. The molecule has 0 aliphatic rings. The van der Waals surface area contributed by atoms with E-state index in [1.54, 1.807) is 0 Å². The van der Waals surface area contributed by atoms with E-state index >= 15 is 0 Å². The molecule has 0 bridgehead atoms. The smallest absolute Gasteiger partial charge is 0.306 e. The molecule has 0 rings (SSSR count). The van der Waals surface area contributed by atoms with Crippen molar-refractivity contribution in [2.75, 3.05) is 47.5 Å². The second-order valence-corrected chi connectivity index (χ2v) is 20.6. The Morgan fingerprint density at radius 1 is 0.451 bits per heavy atom. The number of likely N-dealkylation sites (N-methyl/N-ethyl adjacent to an activating group) is 1. The molecule has 0 radical (unpaired) electrons. The van der Waals surface area contributed by atoms with Crippen molar-refractivity contribution >= 4 is 19.8 Å². The lowest BCUT2D eigenvalue weighted by molar-refractivity contribution is -0.870. The van der Waals surface area contributed by atoms with Crippen molar-refractivity contribution in [3.8, 4) is 0 Å². The molecule has 0 saturated carbocycles. The van der Waals surface area contributed by atoms with E-state index in [1.807, 2.05) is 21.1 Å². The van der Waals surface area contributed by atoms with E-state index < -0.39 is 32.5 Å². The summed E-state index contributed by atoms with van der Waals surface area (Å²) < 4.78 is 33.8. The fourth-order valence-corrected chi connectivity index (χ4v) is 7.70. The molecule has 2 unspecified atom stereocenters. The van der Waals surface area contributed by atoms with Gasteiger partial charge in [-0.1, -0.05) is 219 Å². The zero-order valence-corrected chi connectivity index (χ0v) is 46.5. The summed E-state index contributed by atoms with van der Waals surface area (Å²) in [6, 6.07) is 0. The van der Waals surface area contributed by atoms with Gasteiger partial charge in [0.15, 0.2) is 6.10 Å². The van der Waals surface area contributed by atoms with Crippen molar-refractivity contribution in [2.24, 2.45) is 0 Å². The van der Waals surface area contributed by atoms with E-state index in [0.717, 1.165) is 122 Å². The van der Waals surface area contributed by atoms with Gasteiger partial charge < -0.3 is 27.9 Å². The lowest BCUT2D eigenvalue weighted by Gasteiger charge is -2.28. The van der Waals surface area contributed by atoms with E-state index in [9.17, 15) is 19.0 Å². The van der Waals surface area contributed by atoms with Crippen LogP contribution in [0.5, 0.6) is 0 Å². The monoisotopic (exact) mass is 1010 g/mol. The van der Waals surface area contributed by atoms with Crippen molar-refractivity contribution in [3.63, 3.8) is 0 Å². The summed E-state index contributed by atoms with van der Waals surface area (Å²) in [5.74, 6) is -0.856. The maximum Gasteiger partial charge on any atom is 0.306 e. The van der Waals surface area contributed by atoms with Crippen LogP contribution in [0.1, 0.15) is 200 Å². The van der Waals surface area contributed by atoms with E-state index in [0.29, 0.717) is 17.4 Å². The zero-order chi connectivity index (χ0) is 52.0. The Balaban J connectivity index is 3.97. The van der Waals surface area contributed by atoms with Gasteiger partial charge in [0.1, 0.15) is 19.8 Å². The predicted octanol–water partition coefficient (Wildman–Crippen LogP) is 16.6. The van der Waals surface area contributed by atoms with Gasteiger partial charge in [0.2, 0.25) is 0 Å². The average molecular weight is 1010 g/mol. The Bertz CT molecular complexity index is 1610. The molecule has 0 heterocycles. The quantitative estimate of drug-likeness (QED) is 0.0195. The number of allylic oxidation sites excluding steroid dienone is 20. The minimum Gasteiger partial charge on any atom is -0.756 e. The van der Waals surface area contributed by atoms with Gasteiger partial charge in [-0.25, -0.2) is 0 Å². The molecule has 0 aliphatic carbocycles. The van der Waals surface area contributed by atoms with Crippen LogP contribution in [0.2, 0.25) is 0 Å². The highest BCUT2D eigenvalue weighted by atomic mass is 31.2. The number of hydrogen-bond acceptors (Lipinski definition) is 8. The normalized spacial score (nSPS) is 14.3. The average Bonchev–Trinajstić information content (AvgIpc) is 3.33. The summed E-state index contributed by atoms with van der Waals surface area (Å²) in [4.78, 5) is 37.4. The summed E-state index contributed by atoms with van der Waals surface area (Å²) in [6.07, 6.45) is 73.0. The van der Waals surface area contributed by atoms with Gasteiger partial charge in [0, 0.05) is 12.8 Å². The Morgan fingerprint density at radius 2 is 0.803 bits per heavy atom. The minimum atomic E-state index is -4.63. The lowest BCUT2D eigenvalue weighted by atomic mass is 10.0. The molecule has 9 nitrogen and oxygen atoms in total. The molecule has 0 N–H and O–H groups in total. The number of unbranched alkanes of at least 4 members (excludes halogenated alkanes) is 15. The number of carbonyl (C=O) groups is 2. The molecule has 0 aromatic rings. The van der Waals surface area contributed by atoms with Crippen LogP contribution in [0.3, 0.4) is 0 Å². The first kappa shape index (κ1) is 67.4. The van der Waals surface area contributed by atoms with Gasteiger partial charge in [0.25, 0.3) is 7.82 Å². The van der Waals surface area contributed by atoms with Crippen LogP contribution in [-0.4, -0.2) is 70.0 Å². The van der Waals surface area contributed by atoms with Gasteiger partial charge in [-0.15, -0.1) is 0 Å². The Labute approximate surface area is 435 Å². The van der Waals surface area contributed by atoms with Crippen molar-refractivity contribution in [3.05, 3.63) is 122 Å². The Morgan fingerprint density at radius 3 is 1.20 bits per heavy atom. The van der Waals surface area contributed by atoms with Crippen molar-refractivity contribution < 1.29 is 42.1 Å². The highest BCUT2D eigenvalue weighted by Crippen LogP contribution is 2.38. The fourth-order valence-electron chi connectivity index (χ4n) is 6.98. The number of phosphoric acid groups is 1. The summed E-state index contributed by atoms with van der Waals surface area (Å²) in [7, 11) is 1.15. The number of quaternary nitrogens is 1. The zero-order valence-electron chi connectivity index (χ0n) is 45.6. The third-order valence-corrected chi connectivity index (χ3v) is 12.2. The highest BCUT2D eigenvalue weighted by molar-refractivity contribution is 7.45. The second-order valence-electron chi connectivity index (χ2n) is 19.2. The Kier molecular flexibility index (Phi) is 48.7. The summed E-state index contributed by atoms with van der Waals surface area (Å²) in [5.41, 5.74) is 0. The van der Waals surface area contributed by atoms with Crippen LogP contribution >= 0.6 is 7.82 Å². The largest absolute Gasteiger partial charge is 0.756 e. The number of rotatable bonds is 49. The summed E-state index contributed by atoms with van der Waals surface area (Å²) >= 11 is 0. The Hall–Kier alpha value is -3.59. The number of carbonyl (C=O) groups excluding carboxylic acids is 2. The maximum absolute atomic E-state index is 12.7. The van der Waals surface area contributed by atoms with Crippen LogP contribution in [-0.2, 0) is 32.7 Å². The molecule has 0 saturated heterocycles. The molecule has 10 heteroatoms.